The summed E-state index contributed by atoms with van der Waals surface area (Å²) in [5.41, 5.74) is 2.12. The number of pyridine rings is 1. The largest absolute Gasteiger partial charge is 0.507 e. The number of carbonyl (C=O) groups is 1. The molecule has 3 heterocycles. The first-order valence-electron chi connectivity index (χ1n) is 9.17. The molecule has 0 saturated carbocycles. The molecule has 26 heavy (non-hydrogen) atoms. The first kappa shape index (κ1) is 16.8. The van der Waals surface area contributed by atoms with Gasteiger partial charge in [-0.2, -0.15) is 0 Å². The van der Waals surface area contributed by atoms with Crippen LogP contribution in [0.3, 0.4) is 0 Å². The Morgan fingerprint density at radius 3 is 2.85 bits per heavy atom. The van der Waals surface area contributed by atoms with E-state index in [0.717, 1.165) is 17.7 Å². The third kappa shape index (κ3) is 3.10. The van der Waals surface area contributed by atoms with Crippen LogP contribution in [0.5, 0.6) is 11.5 Å². The molecule has 0 radical (unpaired) electrons. The molecule has 1 saturated heterocycles. The lowest BCUT2D eigenvalue weighted by Gasteiger charge is -2.30. The lowest BCUT2D eigenvalue weighted by atomic mass is 10.0. The Balaban J connectivity index is 1.66. The number of nitrogens with zero attached hydrogens (tertiary/aromatic N) is 1. The van der Waals surface area contributed by atoms with Crippen molar-refractivity contribution in [2.24, 2.45) is 0 Å². The summed E-state index contributed by atoms with van der Waals surface area (Å²) in [7, 11) is 0. The quantitative estimate of drug-likeness (QED) is 0.834. The minimum Gasteiger partial charge on any atom is -0.507 e. The van der Waals surface area contributed by atoms with Gasteiger partial charge in [0.25, 0.3) is 0 Å². The number of phenols is 1. The number of ether oxygens (including phenoxy) is 1. The van der Waals surface area contributed by atoms with Gasteiger partial charge in [0.2, 0.25) is 5.78 Å². The Bertz CT molecular complexity index is 861. The molecule has 0 aliphatic carbocycles. The lowest BCUT2D eigenvalue weighted by molar-refractivity contribution is -0.941. The number of aromatic nitrogens is 1. The van der Waals surface area contributed by atoms with Gasteiger partial charge in [-0.1, -0.05) is 0 Å². The van der Waals surface area contributed by atoms with Crippen molar-refractivity contribution in [3.8, 4) is 11.5 Å². The maximum absolute atomic E-state index is 12.7. The fraction of sp³-hybridized carbons (Fsp3) is 0.333. The van der Waals surface area contributed by atoms with Crippen LogP contribution in [0.2, 0.25) is 0 Å². The summed E-state index contributed by atoms with van der Waals surface area (Å²) in [6.07, 6.45) is 8.73. The van der Waals surface area contributed by atoms with Gasteiger partial charge < -0.3 is 14.7 Å². The Morgan fingerprint density at radius 1 is 1.27 bits per heavy atom. The van der Waals surface area contributed by atoms with Gasteiger partial charge in [0.1, 0.15) is 12.3 Å². The first-order valence-corrected chi connectivity index (χ1v) is 9.17. The topological polar surface area (TPSA) is 63.9 Å². The third-order valence-corrected chi connectivity index (χ3v) is 5.41. The van der Waals surface area contributed by atoms with Crippen molar-refractivity contribution in [1.29, 1.82) is 0 Å². The second kappa shape index (κ2) is 6.92. The lowest BCUT2D eigenvalue weighted by Crippen LogP contribution is -3.14. The van der Waals surface area contributed by atoms with E-state index in [1.165, 1.54) is 24.2 Å². The first-order chi connectivity index (χ1) is 12.6. The van der Waals surface area contributed by atoms with Crippen molar-refractivity contribution in [1.82, 2.24) is 4.98 Å². The number of allylic oxidation sites excluding steroid dienone is 1. The summed E-state index contributed by atoms with van der Waals surface area (Å²) >= 11 is 0. The van der Waals surface area contributed by atoms with E-state index in [4.69, 9.17) is 4.74 Å². The number of hydrogen-bond acceptors (Lipinski definition) is 4. The fourth-order valence-electron chi connectivity index (χ4n) is 3.82. The number of phenolic OH excluding ortho intramolecular Hbond substituents is 1. The second-order valence-corrected chi connectivity index (χ2v) is 7.14. The van der Waals surface area contributed by atoms with Gasteiger partial charge in [0.15, 0.2) is 11.5 Å². The number of rotatable bonds is 3. The van der Waals surface area contributed by atoms with Crippen molar-refractivity contribution in [2.75, 3.05) is 6.54 Å². The monoisotopic (exact) mass is 351 g/mol. The van der Waals surface area contributed by atoms with Gasteiger partial charge in [-0.15, -0.1) is 0 Å². The van der Waals surface area contributed by atoms with Crippen molar-refractivity contribution in [2.45, 2.75) is 38.8 Å². The van der Waals surface area contributed by atoms with Crippen LogP contribution < -0.4 is 9.64 Å². The smallest absolute Gasteiger partial charge is 0.231 e. The molecule has 2 aliphatic heterocycles. The SMILES string of the molecule is C[C@H]1CCCC[NH+]1Cc1c(O)ccc2c1O/C(=C\c1ccncc1)C2=O. The number of hydrogen-bond donors (Lipinski definition) is 2. The summed E-state index contributed by atoms with van der Waals surface area (Å²) < 4.78 is 5.93. The molecule has 2 atom stereocenters. The molecule has 5 nitrogen and oxygen atoms in total. The second-order valence-electron chi connectivity index (χ2n) is 7.14. The molecule has 2 aromatic rings. The Hall–Kier alpha value is -2.66. The maximum Gasteiger partial charge on any atom is 0.231 e. The number of likely N-dealkylation sites (tertiary alicyclic amines) is 1. The van der Waals surface area contributed by atoms with Crippen LogP contribution in [0.15, 0.2) is 42.4 Å². The van der Waals surface area contributed by atoms with E-state index in [1.807, 2.05) is 12.1 Å². The van der Waals surface area contributed by atoms with Crippen molar-refractivity contribution < 1.29 is 19.5 Å². The van der Waals surface area contributed by atoms with Gasteiger partial charge in [0, 0.05) is 12.4 Å². The minimum atomic E-state index is -0.139. The molecule has 1 unspecified atom stereocenters. The van der Waals surface area contributed by atoms with Crippen LogP contribution in [0.1, 0.15) is 47.7 Å². The van der Waals surface area contributed by atoms with Crippen molar-refractivity contribution in [3.63, 3.8) is 0 Å². The summed E-state index contributed by atoms with van der Waals surface area (Å²) in [5.74, 6) is 0.868. The van der Waals surface area contributed by atoms with E-state index in [2.05, 4.69) is 11.9 Å². The molecular weight excluding hydrogens is 328 g/mol. The summed E-state index contributed by atoms with van der Waals surface area (Å²) in [6, 6.07) is 7.45. The zero-order valence-corrected chi connectivity index (χ0v) is 14.9. The number of Topliss-reactive ketones (excluding diaryl/α,β-unsaturated/α-hetero) is 1. The summed E-state index contributed by atoms with van der Waals surface area (Å²) in [4.78, 5) is 18.1. The maximum atomic E-state index is 12.7. The number of fused-ring (bicyclic) bond motifs is 1. The molecular formula is C21H23N2O3+. The number of aromatic hydroxyl groups is 1. The molecule has 134 valence electrons. The average molecular weight is 351 g/mol. The third-order valence-electron chi connectivity index (χ3n) is 5.41. The highest BCUT2D eigenvalue weighted by atomic mass is 16.5. The molecule has 2 N–H and O–H groups in total. The summed E-state index contributed by atoms with van der Waals surface area (Å²) in [5, 5.41) is 10.4. The van der Waals surface area contributed by atoms with E-state index in [9.17, 15) is 9.90 Å². The van der Waals surface area contributed by atoms with Gasteiger partial charge in [-0.3, -0.25) is 9.78 Å². The van der Waals surface area contributed by atoms with E-state index in [-0.39, 0.29) is 11.5 Å². The minimum absolute atomic E-state index is 0.139. The number of nitrogens with one attached hydrogen (secondary N) is 1. The molecule has 0 bridgehead atoms. The Labute approximate surface area is 152 Å². The highest BCUT2D eigenvalue weighted by molar-refractivity contribution is 6.14. The number of carbonyl (C=O) groups excluding carboxylic acids is 1. The molecule has 4 rings (SSSR count). The van der Waals surface area contributed by atoms with Crippen LogP contribution >= 0.6 is 0 Å². The molecule has 1 aromatic carbocycles. The Morgan fingerprint density at radius 2 is 2.08 bits per heavy atom. The number of piperidine rings is 1. The average Bonchev–Trinajstić information content (AvgIpc) is 2.96. The predicted octanol–water partition coefficient (Wildman–Crippen LogP) is 2.36. The van der Waals surface area contributed by atoms with Crippen molar-refractivity contribution in [3.05, 3.63) is 59.1 Å². The van der Waals surface area contributed by atoms with Gasteiger partial charge >= 0.3 is 0 Å². The van der Waals surface area contributed by atoms with Gasteiger partial charge in [-0.25, -0.2) is 0 Å². The standard InChI is InChI=1S/C21H22N2O3/c1-14-4-2-3-11-23(14)13-17-18(24)6-5-16-20(25)19(26-21(16)17)12-15-7-9-22-10-8-15/h5-10,12,14,24H,2-4,11,13H2,1H3/p+1/b19-12-/t14-/m0/s1. The normalized spacial score (nSPS) is 23.7. The molecule has 1 fully saturated rings. The zero-order chi connectivity index (χ0) is 18.1. The van der Waals surface area contributed by atoms with Crippen LogP contribution in [-0.2, 0) is 6.54 Å². The van der Waals surface area contributed by atoms with Crippen molar-refractivity contribution >= 4 is 11.9 Å². The molecule has 5 heteroatoms. The van der Waals surface area contributed by atoms with Gasteiger partial charge in [0.05, 0.1) is 23.7 Å². The van der Waals surface area contributed by atoms with E-state index < -0.39 is 0 Å². The fourth-order valence-corrected chi connectivity index (χ4v) is 3.82. The van der Waals surface area contributed by atoms with Crippen LogP contribution in [0.4, 0.5) is 0 Å². The molecule has 1 aromatic heterocycles. The molecule has 2 aliphatic rings. The Kier molecular flexibility index (Phi) is 4.47. The summed E-state index contributed by atoms with van der Waals surface area (Å²) in [6.45, 7) is 4.00. The number of quaternary nitrogens is 1. The number of ketones is 1. The van der Waals surface area contributed by atoms with E-state index in [0.29, 0.717) is 29.7 Å². The van der Waals surface area contributed by atoms with Crippen LogP contribution in [0.25, 0.3) is 6.08 Å². The van der Waals surface area contributed by atoms with Crippen LogP contribution in [0, 0.1) is 0 Å². The predicted molar refractivity (Wildman–Crippen MR) is 98.1 cm³/mol. The van der Waals surface area contributed by atoms with Gasteiger partial charge in [-0.05, 0) is 62.1 Å². The number of benzene rings is 1. The zero-order valence-electron chi connectivity index (χ0n) is 14.9. The highest BCUT2D eigenvalue weighted by Crippen LogP contribution is 2.39. The highest BCUT2D eigenvalue weighted by Gasteiger charge is 2.33. The van der Waals surface area contributed by atoms with E-state index >= 15 is 0 Å². The molecule has 0 amide bonds. The van der Waals surface area contributed by atoms with E-state index in [1.54, 1.807) is 30.6 Å². The van der Waals surface area contributed by atoms with Crippen LogP contribution in [-0.4, -0.2) is 28.5 Å². The molecule has 0 spiro atoms.